The van der Waals surface area contributed by atoms with Gasteiger partial charge in [-0.1, -0.05) is 6.07 Å². The summed E-state index contributed by atoms with van der Waals surface area (Å²) in [5.74, 6) is -0.288. The van der Waals surface area contributed by atoms with Crippen LogP contribution in [0.15, 0.2) is 30.5 Å². The van der Waals surface area contributed by atoms with Crippen molar-refractivity contribution in [1.29, 1.82) is 0 Å². The summed E-state index contributed by atoms with van der Waals surface area (Å²) in [6, 6.07) is 6.26. The van der Waals surface area contributed by atoms with Gasteiger partial charge in [0.15, 0.2) is 0 Å². The number of nitrogens with zero attached hydrogens (tertiary/aromatic N) is 6. The van der Waals surface area contributed by atoms with E-state index >= 15 is 0 Å². The van der Waals surface area contributed by atoms with Crippen molar-refractivity contribution < 1.29 is 18.7 Å². The molecule has 0 saturated carbocycles. The van der Waals surface area contributed by atoms with Gasteiger partial charge in [0.1, 0.15) is 17.6 Å². The highest BCUT2D eigenvalue weighted by molar-refractivity contribution is 5.94. The fourth-order valence-electron chi connectivity index (χ4n) is 4.00. The molecule has 2 amide bonds. The quantitative estimate of drug-likeness (QED) is 0.676. The van der Waals surface area contributed by atoms with E-state index in [-0.39, 0.29) is 18.5 Å². The molecule has 5 rings (SSSR count). The second kappa shape index (κ2) is 7.11. The number of benzene rings is 1. The number of fused-ring (bicyclic) bond motifs is 3. The van der Waals surface area contributed by atoms with Crippen LogP contribution in [0.2, 0.25) is 0 Å². The first-order valence-corrected chi connectivity index (χ1v) is 9.68. The molecule has 2 aliphatic rings. The zero-order valence-corrected chi connectivity index (χ0v) is 16.7. The van der Waals surface area contributed by atoms with Crippen LogP contribution in [0.25, 0.3) is 22.6 Å². The van der Waals surface area contributed by atoms with Crippen LogP contribution in [0.4, 0.5) is 14.9 Å². The van der Waals surface area contributed by atoms with Crippen LogP contribution in [0.1, 0.15) is 12.5 Å². The Hall–Kier alpha value is -3.89. The Balaban J connectivity index is 1.43. The highest BCUT2D eigenvalue weighted by atomic mass is 19.1. The maximum absolute atomic E-state index is 15.0. The molecule has 10 nitrogen and oxygen atoms in total. The standard InChI is InChI=1S/C20H18FN7O3/c1-10(29)22-9-18-17-6-12-5-13(14(21)7-16(12)28(17)20(30)31-18)11-3-4-15(23-8-11)19-24-26-27(2)25-19/h3-5,7-8,17-18H,6,9H2,1-2H3,(H,22,29)/t17-,18-/m0/s1. The number of aryl methyl sites for hydroxylation is 1. The first-order chi connectivity index (χ1) is 14.9. The number of rotatable bonds is 4. The third-order valence-electron chi connectivity index (χ3n) is 5.43. The van der Waals surface area contributed by atoms with E-state index in [1.54, 1.807) is 31.4 Å². The van der Waals surface area contributed by atoms with E-state index in [0.29, 0.717) is 34.8 Å². The van der Waals surface area contributed by atoms with Gasteiger partial charge < -0.3 is 10.1 Å². The zero-order valence-electron chi connectivity index (χ0n) is 16.7. The molecule has 1 N–H and O–H groups in total. The van der Waals surface area contributed by atoms with Crippen LogP contribution in [0, 0.1) is 5.82 Å². The molecule has 2 aromatic heterocycles. The van der Waals surface area contributed by atoms with Crippen LogP contribution in [0.3, 0.4) is 0 Å². The second-order valence-corrected chi connectivity index (χ2v) is 7.50. The van der Waals surface area contributed by atoms with Gasteiger partial charge >= 0.3 is 6.09 Å². The van der Waals surface area contributed by atoms with Crippen molar-refractivity contribution in [3.8, 4) is 22.6 Å². The molecule has 4 heterocycles. The summed E-state index contributed by atoms with van der Waals surface area (Å²) in [7, 11) is 1.66. The normalized spacial score (nSPS) is 19.2. The minimum atomic E-state index is -0.534. The van der Waals surface area contributed by atoms with Gasteiger partial charge in [0.05, 0.1) is 25.3 Å². The predicted molar refractivity (Wildman–Crippen MR) is 106 cm³/mol. The topological polar surface area (TPSA) is 115 Å². The van der Waals surface area contributed by atoms with Crippen molar-refractivity contribution in [2.75, 3.05) is 11.4 Å². The molecule has 1 fully saturated rings. The van der Waals surface area contributed by atoms with Crippen LogP contribution in [0.5, 0.6) is 0 Å². The molecule has 2 atom stereocenters. The summed E-state index contributed by atoms with van der Waals surface area (Å²) in [5.41, 5.74) is 2.85. The van der Waals surface area contributed by atoms with Crippen LogP contribution in [-0.4, -0.2) is 55.9 Å². The number of tetrazole rings is 1. The lowest BCUT2D eigenvalue weighted by molar-refractivity contribution is -0.119. The van der Waals surface area contributed by atoms with Gasteiger partial charge in [-0.15, -0.1) is 10.2 Å². The summed E-state index contributed by atoms with van der Waals surface area (Å²) in [6.45, 7) is 1.62. The van der Waals surface area contributed by atoms with Gasteiger partial charge in [0.2, 0.25) is 11.7 Å². The van der Waals surface area contributed by atoms with Crippen LogP contribution < -0.4 is 10.2 Å². The number of anilines is 1. The van der Waals surface area contributed by atoms with E-state index in [1.807, 2.05) is 0 Å². The number of hydrogen-bond acceptors (Lipinski definition) is 7. The molecule has 0 unspecified atom stereocenters. The molecule has 2 aliphatic heterocycles. The summed E-state index contributed by atoms with van der Waals surface area (Å²) >= 11 is 0. The van der Waals surface area contributed by atoms with Crippen molar-refractivity contribution in [3.63, 3.8) is 0 Å². The van der Waals surface area contributed by atoms with Gasteiger partial charge in [-0.2, -0.15) is 4.80 Å². The molecular formula is C20H18FN7O3. The molecule has 0 radical (unpaired) electrons. The smallest absolute Gasteiger partial charge is 0.415 e. The van der Waals surface area contributed by atoms with E-state index in [0.717, 1.165) is 5.56 Å². The molecule has 31 heavy (non-hydrogen) atoms. The number of hydrogen-bond donors (Lipinski definition) is 1. The Bertz CT molecular complexity index is 1190. The first kappa shape index (κ1) is 19.1. The summed E-state index contributed by atoms with van der Waals surface area (Å²) in [6.07, 6.45) is 1.04. The van der Waals surface area contributed by atoms with E-state index < -0.39 is 18.0 Å². The highest BCUT2D eigenvalue weighted by Gasteiger charge is 2.47. The lowest BCUT2D eigenvalue weighted by Gasteiger charge is -2.16. The SMILES string of the molecule is CC(=O)NC[C@@H]1OC(=O)N2c3cc(F)c(-c4ccc(-c5nnn(C)n5)nc4)cc3C[C@@H]12. The van der Waals surface area contributed by atoms with Crippen molar-refractivity contribution in [2.45, 2.75) is 25.5 Å². The molecule has 0 spiro atoms. The largest absolute Gasteiger partial charge is 0.442 e. The zero-order chi connectivity index (χ0) is 21.7. The minimum absolute atomic E-state index is 0.203. The lowest BCUT2D eigenvalue weighted by Crippen LogP contribution is -2.40. The molecule has 0 aliphatic carbocycles. The fourth-order valence-corrected chi connectivity index (χ4v) is 4.00. The maximum atomic E-state index is 15.0. The number of carbonyl (C=O) groups is 2. The fraction of sp³-hybridized carbons (Fsp3) is 0.300. The maximum Gasteiger partial charge on any atom is 0.415 e. The van der Waals surface area contributed by atoms with Gasteiger partial charge in [0, 0.05) is 24.2 Å². The lowest BCUT2D eigenvalue weighted by atomic mass is 10.00. The van der Waals surface area contributed by atoms with E-state index in [9.17, 15) is 14.0 Å². The van der Waals surface area contributed by atoms with Gasteiger partial charge in [0.25, 0.3) is 0 Å². The molecule has 158 valence electrons. The van der Waals surface area contributed by atoms with Crippen LogP contribution in [-0.2, 0) is 23.0 Å². The van der Waals surface area contributed by atoms with E-state index in [4.69, 9.17) is 4.74 Å². The Morgan fingerprint density at radius 3 is 2.87 bits per heavy atom. The number of halogens is 1. The Morgan fingerprint density at radius 2 is 2.19 bits per heavy atom. The summed E-state index contributed by atoms with van der Waals surface area (Å²) in [4.78, 5) is 30.7. The number of pyridine rings is 1. The monoisotopic (exact) mass is 423 g/mol. The summed E-state index contributed by atoms with van der Waals surface area (Å²) < 4.78 is 20.4. The number of ether oxygens (including phenoxy) is 1. The van der Waals surface area contributed by atoms with Crippen molar-refractivity contribution in [3.05, 3.63) is 41.8 Å². The van der Waals surface area contributed by atoms with Gasteiger partial charge in [-0.05, 0) is 35.4 Å². The molecule has 11 heteroatoms. The predicted octanol–water partition coefficient (Wildman–Crippen LogP) is 1.46. The Kier molecular flexibility index (Phi) is 4.38. The number of aromatic nitrogens is 5. The van der Waals surface area contributed by atoms with Gasteiger partial charge in [-0.25, -0.2) is 9.18 Å². The summed E-state index contributed by atoms with van der Waals surface area (Å²) in [5, 5.41) is 14.5. The number of nitrogens with one attached hydrogen (secondary N) is 1. The molecule has 1 saturated heterocycles. The number of cyclic esters (lactones) is 1. The second-order valence-electron chi connectivity index (χ2n) is 7.50. The Morgan fingerprint density at radius 1 is 1.35 bits per heavy atom. The number of amides is 2. The van der Waals surface area contributed by atoms with Gasteiger partial charge in [-0.3, -0.25) is 14.7 Å². The third kappa shape index (κ3) is 3.27. The first-order valence-electron chi connectivity index (χ1n) is 9.68. The highest BCUT2D eigenvalue weighted by Crippen LogP contribution is 2.41. The molecule has 1 aromatic carbocycles. The van der Waals surface area contributed by atoms with Crippen molar-refractivity contribution in [2.24, 2.45) is 7.05 Å². The van der Waals surface area contributed by atoms with Crippen LogP contribution >= 0.6 is 0 Å². The van der Waals surface area contributed by atoms with Crippen molar-refractivity contribution in [1.82, 2.24) is 30.5 Å². The number of carbonyl (C=O) groups excluding carboxylic acids is 2. The minimum Gasteiger partial charge on any atom is -0.442 e. The molecule has 3 aromatic rings. The van der Waals surface area contributed by atoms with E-state index in [2.05, 4.69) is 25.7 Å². The van der Waals surface area contributed by atoms with E-state index in [1.165, 1.54) is 22.7 Å². The van der Waals surface area contributed by atoms with Crippen molar-refractivity contribution >= 4 is 17.7 Å². The Labute approximate surface area is 176 Å². The molecular weight excluding hydrogens is 405 g/mol. The average molecular weight is 423 g/mol. The molecule has 0 bridgehead atoms. The third-order valence-corrected chi connectivity index (χ3v) is 5.43. The average Bonchev–Trinajstić information content (AvgIpc) is 3.41.